The van der Waals surface area contributed by atoms with Gasteiger partial charge in [-0.15, -0.1) is 0 Å². The Morgan fingerprint density at radius 3 is 2.48 bits per heavy atom. The van der Waals surface area contributed by atoms with E-state index in [2.05, 4.69) is 22.3 Å². The minimum Gasteiger partial charge on any atom is -0.392 e. The molecular formula is C28H40N2O3. The molecule has 5 fully saturated rings. The number of carbonyl (C=O) groups excluding carboxylic acids is 1. The average Bonchev–Trinajstić information content (AvgIpc) is 3.35. The van der Waals surface area contributed by atoms with E-state index in [0.717, 1.165) is 57.0 Å². The molecule has 1 aromatic carbocycles. The largest absolute Gasteiger partial charge is 0.392 e. The van der Waals surface area contributed by atoms with Gasteiger partial charge in [0.05, 0.1) is 6.10 Å². The Morgan fingerprint density at radius 2 is 1.79 bits per heavy atom. The Hall–Kier alpha value is -1.27. The van der Waals surface area contributed by atoms with Crippen LogP contribution in [0, 0.1) is 17.3 Å². The van der Waals surface area contributed by atoms with E-state index in [4.69, 9.17) is 0 Å². The molecule has 7 atom stereocenters. The molecule has 5 aliphatic rings. The average molecular weight is 453 g/mol. The lowest BCUT2D eigenvalue weighted by atomic mass is 9.76. The van der Waals surface area contributed by atoms with Crippen LogP contribution in [-0.4, -0.2) is 58.4 Å². The molecule has 3 N–H and O–H groups in total. The van der Waals surface area contributed by atoms with Crippen LogP contribution in [0.3, 0.4) is 0 Å². The van der Waals surface area contributed by atoms with Gasteiger partial charge in [0.25, 0.3) is 0 Å². The molecule has 1 unspecified atom stereocenters. The van der Waals surface area contributed by atoms with Crippen LogP contribution in [0.25, 0.3) is 0 Å². The predicted octanol–water partition coefficient (Wildman–Crippen LogP) is 3.84. The summed E-state index contributed by atoms with van der Waals surface area (Å²) in [6.45, 7) is 1.64. The highest BCUT2D eigenvalue weighted by Gasteiger charge is 2.66. The number of piperidine rings is 1. The van der Waals surface area contributed by atoms with Gasteiger partial charge in [0.1, 0.15) is 12.0 Å². The summed E-state index contributed by atoms with van der Waals surface area (Å²) in [6.07, 6.45) is 13.7. The van der Waals surface area contributed by atoms with Crippen molar-refractivity contribution in [2.75, 3.05) is 13.1 Å². The summed E-state index contributed by atoms with van der Waals surface area (Å²) < 4.78 is 0. The fraction of sp³-hybridized carbons (Fsp3) is 0.750. The molecule has 0 radical (unpaired) electrons. The monoisotopic (exact) mass is 452 g/mol. The molecule has 2 heterocycles. The lowest BCUT2D eigenvalue weighted by Crippen LogP contribution is -2.47. The van der Waals surface area contributed by atoms with E-state index in [9.17, 15) is 15.0 Å². The zero-order valence-electron chi connectivity index (χ0n) is 19.8. The van der Waals surface area contributed by atoms with Crippen molar-refractivity contribution in [2.45, 2.75) is 100 Å². The van der Waals surface area contributed by atoms with Crippen molar-refractivity contribution in [1.82, 2.24) is 10.2 Å². The number of aldehydes is 1. The summed E-state index contributed by atoms with van der Waals surface area (Å²) in [5.41, 5.74) is 1.50. The Bertz CT molecular complexity index is 860. The Kier molecular flexibility index (Phi) is 5.68. The van der Waals surface area contributed by atoms with Gasteiger partial charge in [-0.1, -0.05) is 49.9 Å². The molecule has 180 valence electrons. The molecule has 2 aliphatic heterocycles. The Balaban J connectivity index is 1.19. The number of rotatable bonds is 7. The van der Waals surface area contributed by atoms with Crippen molar-refractivity contribution in [2.24, 2.45) is 17.3 Å². The molecule has 33 heavy (non-hydrogen) atoms. The van der Waals surface area contributed by atoms with Crippen molar-refractivity contribution in [3.05, 3.63) is 35.4 Å². The van der Waals surface area contributed by atoms with E-state index in [1.807, 2.05) is 12.1 Å². The predicted molar refractivity (Wildman–Crippen MR) is 128 cm³/mol. The van der Waals surface area contributed by atoms with Crippen LogP contribution in [0.2, 0.25) is 0 Å². The normalized spacial score (nSPS) is 40.4. The van der Waals surface area contributed by atoms with Gasteiger partial charge in [0.2, 0.25) is 0 Å². The number of nitrogens with one attached hydrogen (secondary N) is 1. The highest BCUT2D eigenvalue weighted by Crippen LogP contribution is 2.56. The number of hydrogen-bond donors (Lipinski definition) is 3. The third-order valence-electron chi connectivity index (χ3n) is 10.4. The van der Waals surface area contributed by atoms with Crippen LogP contribution >= 0.6 is 0 Å². The van der Waals surface area contributed by atoms with E-state index < -0.39 is 5.72 Å². The van der Waals surface area contributed by atoms with Crippen LogP contribution in [0.15, 0.2) is 24.3 Å². The summed E-state index contributed by atoms with van der Waals surface area (Å²) in [4.78, 5) is 13.5. The SMILES string of the molecule is O=Cc1ccc([C@@H](C2CCCC2)[C@@H]2C[C@@H](CN[C@@H]3CC[C@@H](O)C34CCCC4)[C@]3(O)CN23)cc1. The summed E-state index contributed by atoms with van der Waals surface area (Å²) in [7, 11) is 0. The lowest BCUT2D eigenvalue weighted by molar-refractivity contribution is 0.0328. The summed E-state index contributed by atoms with van der Waals surface area (Å²) in [5, 5.41) is 26.1. The minimum atomic E-state index is -0.655. The number of aliphatic hydroxyl groups is 2. The van der Waals surface area contributed by atoms with Crippen LogP contribution in [0.5, 0.6) is 0 Å². The van der Waals surface area contributed by atoms with Gasteiger partial charge in [-0.25, -0.2) is 0 Å². The first-order valence-corrected chi connectivity index (χ1v) is 13.5. The van der Waals surface area contributed by atoms with E-state index in [0.29, 0.717) is 23.9 Å². The standard InChI is InChI=1S/C28H40N2O3/c31-17-19-7-9-21(10-8-19)26(20-5-1-2-6-20)23-15-22(28(33)18-30(23)28)16-29-24-11-12-25(32)27(24)13-3-4-14-27/h7-10,17,20,22-26,29,32-33H,1-6,11-16,18H2/t22-,23-,24+,25+,26+,28+,30?/m0/s1. The van der Waals surface area contributed by atoms with Gasteiger partial charge in [0.15, 0.2) is 0 Å². The minimum absolute atomic E-state index is 0.0799. The maximum absolute atomic E-state index is 11.5. The fourth-order valence-corrected chi connectivity index (χ4v) is 8.54. The van der Waals surface area contributed by atoms with Crippen molar-refractivity contribution >= 4 is 6.29 Å². The third-order valence-corrected chi connectivity index (χ3v) is 10.4. The molecule has 2 saturated heterocycles. The van der Waals surface area contributed by atoms with E-state index >= 15 is 0 Å². The van der Waals surface area contributed by atoms with E-state index in [1.165, 1.54) is 44.1 Å². The lowest BCUT2D eigenvalue weighted by Gasteiger charge is -2.36. The van der Waals surface area contributed by atoms with Crippen molar-refractivity contribution in [1.29, 1.82) is 0 Å². The first-order valence-electron chi connectivity index (χ1n) is 13.5. The zero-order chi connectivity index (χ0) is 22.6. The molecule has 1 spiro atoms. The fourth-order valence-electron chi connectivity index (χ4n) is 8.54. The number of fused-ring (bicyclic) bond motifs is 1. The highest BCUT2D eigenvalue weighted by molar-refractivity contribution is 5.74. The molecular weight excluding hydrogens is 412 g/mol. The van der Waals surface area contributed by atoms with Crippen LogP contribution in [0.4, 0.5) is 0 Å². The van der Waals surface area contributed by atoms with Crippen molar-refractivity contribution in [3.8, 4) is 0 Å². The number of aliphatic hydroxyl groups excluding tert-OH is 1. The van der Waals surface area contributed by atoms with E-state index in [-0.39, 0.29) is 17.4 Å². The van der Waals surface area contributed by atoms with Gasteiger partial charge in [0, 0.05) is 48.0 Å². The van der Waals surface area contributed by atoms with Gasteiger partial charge in [-0.3, -0.25) is 9.69 Å². The molecule has 0 amide bonds. The summed E-state index contributed by atoms with van der Waals surface area (Å²) in [6, 6.07) is 9.00. The smallest absolute Gasteiger partial charge is 0.150 e. The summed E-state index contributed by atoms with van der Waals surface area (Å²) >= 11 is 0. The van der Waals surface area contributed by atoms with Gasteiger partial charge >= 0.3 is 0 Å². The maximum Gasteiger partial charge on any atom is 0.150 e. The number of benzene rings is 1. The molecule has 5 heteroatoms. The number of nitrogens with zero attached hydrogens (tertiary/aromatic N) is 1. The molecule has 0 bridgehead atoms. The quantitative estimate of drug-likeness (QED) is 0.433. The highest BCUT2D eigenvalue weighted by atomic mass is 16.3. The van der Waals surface area contributed by atoms with Crippen LogP contribution in [-0.2, 0) is 0 Å². The van der Waals surface area contributed by atoms with Crippen molar-refractivity contribution < 1.29 is 15.0 Å². The van der Waals surface area contributed by atoms with Crippen LogP contribution in [0.1, 0.15) is 92.5 Å². The zero-order valence-corrected chi connectivity index (χ0v) is 19.8. The Morgan fingerprint density at radius 1 is 1.06 bits per heavy atom. The first-order chi connectivity index (χ1) is 16.0. The molecule has 6 rings (SSSR count). The second-order valence-corrected chi connectivity index (χ2v) is 11.9. The molecule has 3 saturated carbocycles. The Labute approximate surface area is 197 Å². The van der Waals surface area contributed by atoms with Gasteiger partial charge in [-0.2, -0.15) is 0 Å². The summed E-state index contributed by atoms with van der Waals surface area (Å²) in [5.74, 6) is 1.35. The van der Waals surface area contributed by atoms with Gasteiger partial charge < -0.3 is 15.5 Å². The van der Waals surface area contributed by atoms with E-state index in [1.54, 1.807) is 0 Å². The second-order valence-electron chi connectivity index (χ2n) is 11.9. The molecule has 3 aliphatic carbocycles. The molecule has 0 aromatic heterocycles. The van der Waals surface area contributed by atoms with Gasteiger partial charge in [-0.05, 0) is 56.4 Å². The number of hydrogen-bond acceptors (Lipinski definition) is 5. The topological polar surface area (TPSA) is 72.6 Å². The maximum atomic E-state index is 11.5. The van der Waals surface area contributed by atoms with Crippen molar-refractivity contribution in [3.63, 3.8) is 0 Å². The van der Waals surface area contributed by atoms with Crippen LogP contribution < -0.4 is 5.32 Å². The third kappa shape index (κ3) is 3.62. The second kappa shape index (κ2) is 8.44. The molecule has 1 aromatic rings. The number of carbonyl (C=O) groups is 1. The first kappa shape index (κ1) is 22.2. The molecule has 5 nitrogen and oxygen atoms in total.